The average molecular weight is 308 g/mol. The van der Waals surface area contributed by atoms with Crippen LogP contribution in [0.2, 0.25) is 0 Å². The lowest BCUT2D eigenvalue weighted by Crippen LogP contribution is -2.39. The van der Waals surface area contributed by atoms with Gasteiger partial charge in [0.05, 0.1) is 0 Å². The number of benzene rings is 1. The smallest absolute Gasteiger partial charge is 0.0429 e. The number of hydrogen-bond donors (Lipinski definition) is 0. The summed E-state index contributed by atoms with van der Waals surface area (Å²) < 4.78 is 0. The van der Waals surface area contributed by atoms with E-state index in [1.54, 1.807) is 0 Å². The van der Waals surface area contributed by atoms with Crippen LogP contribution in [0, 0.1) is 34.6 Å². The van der Waals surface area contributed by atoms with E-state index in [1.165, 1.54) is 33.4 Å². The molecule has 0 saturated heterocycles. The second-order valence-electron chi connectivity index (χ2n) is 6.02. The van der Waals surface area contributed by atoms with Crippen molar-refractivity contribution in [1.82, 2.24) is 4.90 Å². The molecule has 1 unspecified atom stereocenters. The predicted molar refractivity (Wildman–Crippen MR) is 104 cm³/mol. The summed E-state index contributed by atoms with van der Waals surface area (Å²) in [6.07, 6.45) is 1.13. The third-order valence-electron chi connectivity index (χ3n) is 5.21. The monoisotopic (exact) mass is 307 g/mol. The first-order valence-corrected chi connectivity index (χ1v) is 8.93. The second kappa shape index (κ2) is 10.0. The van der Waals surface area contributed by atoms with E-state index in [0.29, 0.717) is 0 Å². The van der Waals surface area contributed by atoms with Gasteiger partial charge in [0.2, 0.25) is 0 Å². The van der Waals surface area contributed by atoms with Crippen molar-refractivity contribution in [2.24, 2.45) is 0 Å². The topological polar surface area (TPSA) is 3.24 Å². The first kappa shape index (κ1) is 23.4. The summed E-state index contributed by atoms with van der Waals surface area (Å²) in [5.74, 6) is 0. The molecule has 0 N–H and O–H groups in total. The normalized spacial score (nSPS) is 12.8. The maximum Gasteiger partial charge on any atom is 0.0429 e. The molecule has 0 aromatic heterocycles. The maximum absolute atomic E-state index is 2.36. The van der Waals surface area contributed by atoms with Crippen LogP contribution in [0.5, 0.6) is 0 Å². The Morgan fingerprint density at radius 2 is 0.955 bits per heavy atom. The molecule has 130 valence electrons. The highest BCUT2D eigenvalue weighted by molar-refractivity contribution is 5.52. The minimum atomic E-state index is 0.122. The van der Waals surface area contributed by atoms with Gasteiger partial charge >= 0.3 is 0 Å². The zero-order valence-electron chi connectivity index (χ0n) is 17.7. The summed E-state index contributed by atoms with van der Waals surface area (Å²) in [5.41, 5.74) is 8.94. The number of nitrogens with zero attached hydrogens (tertiary/aromatic N) is 1. The van der Waals surface area contributed by atoms with Crippen molar-refractivity contribution in [2.75, 3.05) is 14.1 Å². The van der Waals surface area contributed by atoms with Crippen molar-refractivity contribution in [1.29, 1.82) is 0 Å². The Morgan fingerprint density at radius 1 is 0.682 bits per heavy atom. The summed E-state index contributed by atoms with van der Waals surface area (Å²) in [5, 5.41) is 0. The van der Waals surface area contributed by atoms with Gasteiger partial charge in [-0.2, -0.15) is 0 Å². The first-order valence-electron chi connectivity index (χ1n) is 8.93. The van der Waals surface area contributed by atoms with Gasteiger partial charge in [-0.05, 0) is 95.4 Å². The molecular weight excluding hydrogens is 266 g/mol. The molecule has 0 spiro atoms. The Hall–Kier alpha value is -0.820. The highest BCUT2D eigenvalue weighted by Gasteiger charge is 2.31. The van der Waals surface area contributed by atoms with Crippen LogP contribution in [-0.2, 0) is 5.54 Å². The summed E-state index contributed by atoms with van der Waals surface area (Å²) in [6, 6.07) is 0. The fourth-order valence-electron chi connectivity index (χ4n) is 3.02. The summed E-state index contributed by atoms with van der Waals surface area (Å²) in [4.78, 5) is 2.36. The molecule has 0 radical (unpaired) electrons. The zero-order chi connectivity index (χ0) is 18.2. The molecule has 0 heterocycles. The SMILES string of the molecule is CC.CC.CCC(C)(c1c(C)c(C)c(C)c(C)c1C)N(C)C. The molecule has 1 nitrogen and oxygen atoms in total. The van der Waals surface area contributed by atoms with E-state index in [-0.39, 0.29) is 5.54 Å². The van der Waals surface area contributed by atoms with Crippen molar-refractivity contribution < 1.29 is 0 Å². The van der Waals surface area contributed by atoms with Crippen LogP contribution >= 0.6 is 0 Å². The molecule has 0 fully saturated rings. The van der Waals surface area contributed by atoms with Gasteiger partial charge in [-0.3, -0.25) is 4.90 Å². The molecule has 22 heavy (non-hydrogen) atoms. The van der Waals surface area contributed by atoms with Crippen LogP contribution in [0.15, 0.2) is 0 Å². The van der Waals surface area contributed by atoms with Gasteiger partial charge in [-0.15, -0.1) is 0 Å². The number of hydrogen-bond acceptors (Lipinski definition) is 1. The zero-order valence-corrected chi connectivity index (χ0v) is 17.7. The van der Waals surface area contributed by atoms with E-state index >= 15 is 0 Å². The molecule has 0 aliphatic heterocycles. The van der Waals surface area contributed by atoms with Crippen molar-refractivity contribution in [3.8, 4) is 0 Å². The lowest BCUT2D eigenvalue weighted by molar-refractivity contribution is 0.166. The highest BCUT2D eigenvalue weighted by atomic mass is 15.1. The Morgan fingerprint density at radius 3 is 1.18 bits per heavy atom. The molecule has 0 aliphatic rings. The van der Waals surface area contributed by atoms with E-state index in [1.807, 2.05) is 27.7 Å². The molecule has 0 bridgehead atoms. The van der Waals surface area contributed by atoms with Crippen LogP contribution < -0.4 is 0 Å². The number of rotatable bonds is 3. The lowest BCUT2D eigenvalue weighted by Gasteiger charge is -2.40. The fraction of sp³-hybridized carbons (Fsp3) is 0.714. The van der Waals surface area contributed by atoms with E-state index in [0.717, 1.165) is 6.42 Å². The van der Waals surface area contributed by atoms with Crippen LogP contribution in [0.3, 0.4) is 0 Å². The van der Waals surface area contributed by atoms with Gasteiger partial charge in [0, 0.05) is 5.54 Å². The third-order valence-corrected chi connectivity index (χ3v) is 5.21. The molecule has 1 rings (SSSR count). The summed E-state index contributed by atoms with van der Waals surface area (Å²) >= 11 is 0. The maximum atomic E-state index is 2.36. The second-order valence-corrected chi connectivity index (χ2v) is 6.02. The molecule has 1 heteroatoms. The molecule has 0 aliphatic carbocycles. The predicted octanol–water partition coefficient (Wildman–Crippen LogP) is 6.47. The first-order chi connectivity index (χ1) is 10.2. The molecular formula is C21H41N. The minimum Gasteiger partial charge on any atom is -0.300 e. The average Bonchev–Trinajstić information content (AvgIpc) is 2.54. The van der Waals surface area contributed by atoms with E-state index < -0.39 is 0 Å². The Bertz CT molecular complexity index is 428. The van der Waals surface area contributed by atoms with E-state index in [9.17, 15) is 0 Å². The van der Waals surface area contributed by atoms with Crippen molar-refractivity contribution >= 4 is 0 Å². The quantitative estimate of drug-likeness (QED) is 0.618. The molecule has 1 atom stereocenters. The lowest BCUT2D eigenvalue weighted by atomic mass is 9.78. The summed E-state index contributed by atoms with van der Waals surface area (Å²) in [6.45, 7) is 24.0. The Balaban J connectivity index is 0. The van der Waals surface area contributed by atoms with E-state index in [2.05, 4.69) is 67.5 Å². The van der Waals surface area contributed by atoms with Gasteiger partial charge in [-0.1, -0.05) is 34.6 Å². The molecule has 1 aromatic rings. The fourth-order valence-corrected chi connectivity index (χ4v) is 3.02. The van der Waals surface area contributed by atoms with Crippen LogP contribution in [0.1, 0.15) is 81.3 Å². The standard InChI is InChI=1S/C17H29N.2C2H6/c1-10-17(7,18(8)9)16-14(5)12(3)11(2)13(4)15(16)6;2*1-2/h10H2,1-9H3;2*1-2H3. The highest BCUT2D eigenvalue weighted by Crippen LogP contribution is 2.38. The van der Waals surface area contributed by atoms with Gasteiger partial charge in [0.15, 0.2) is 0 Å². The van der Waals surface area contributed by atoms with Gasteiger partial charge in [0.1, 0.15) is 0 Å². The summed E-state index contributed by atoms with van der Waals surface area (Å²) in [7, 11) is 4.37. The van der Waals surface area contributed by atoms with Crippen LogP contribution in [0.4, 0.5) is 0 Å². The minimum absolute atomic E-state index is 0.122. The molecule has 0 saturated carbocycles. The van der Waals surface area contributed by atoms with Crippen LogP contribution in [0.25, 0.3) is 0 Å². The molecule has 1 aromatic carbocycles. The van der Waals surface area contributed by atoms with Crippen LogP contribution in [-0.4, -0.2) is 19.0 Å². The van der Waals surface area contributed by atoms with Gasteiger partial charge in [0.25, 0.3) is 0 Å². The molecule has 0 amide bonds. The van der Waals surface area contributed by atoms with Gasteiger partial charge < -0.3 is 0 Å². The van der Waals surface area contributed by atoms with E-state index in [4.69, 9.17) is 0 Å². The Kier molecular flexibility index (Phi) is 10.7. The largest absolute Gasteiger partial charge is 0.300 e. The van der Waals surface area contributed by atoms with Crippen molar-refractivity contribution in [3.63, 3.8) is 0 Å². The third kappa shape index (κ3) is 4.35. The Labute approximate surface area is 141 Å². The van der Waals surface area contributed by atoms with Gasteiger partial charge in [-0.25, -0.2) is 0 Å². The van der Waals surface area contributed by atoms with Crippen molar-refractivity contribution in [2.45, 2.75) is 88.1 Å². The van der Waals surface area contributed by atoms with Crippen molar-refractivity contribution in [3.05, 3.63) is 33.4 Å².